The molecule has 2 aromatic rings. The van der Waals surface area contributed by atoms with Gasteiger partial charge in [-0.15, -0.1) is 0 Å². The third-order valence-corrected chi connectivity index (χ3v) is 6.76. The highest BCUT2D eigenvalue weighted by Crippen LogP contribution is 2.34. The van der Waals surface area contributed by atoms with Crippen LogP contribution in [-0.2, 0) is 26.2 Å². The second kappa shape index (κ2) is 13.1. The SMILES string of the molecule is CCCCNC(=O)C(C)N(Cc1ccccc1F)C(=O)CN(c1cc(OC)ccc1OC)S(C)(=O)=O. The van der Waals surface area contributed by atoms with Crippen molar-refractivity contribution in [1.29, 1.82) is 0 Å². The van der Waals surface area contributed by atoms with Crippen LogP contribution in [-0.4, -0.2) is 64.7 Å². The molecule has 0 fully saturated rings. The van der Waals surface area contributed by atoms with E-state index in [1.54, 1.807) is 12.1 Å². The number of nitrogens with one attached hydrogen (secondary N) is 1. The van der Waals surface area contributed by atoms with Gasteiger partial charge in [-0.25, -0.2) is 12.8 Å². The van der Waals surface area contributed by atoms with E-state index < -0.39 is 40.2 Å². The van der Waals surface area contributed by atoms with Crippen LogP contribution in [0.4, 0.5) is 10.1 Å². The normalized spacial score (nSPS) is 11.9. The number of rotatable bonds is 13. The molecule has 0 aliphatic rings. The van der Waals surface area contributed by atoms with Gasteiger partial charge in [0.05, 0.1) is 26.2 Å². The molecular weight excluding hydrogens is 489 g/mol. The van der Waals surface area contributed by atoms with Gasteiger partial charge in [0, 0.05) is 24.7 Å². The molecule has 0 radical (unpaired) electrons. The predicted molar refractivity (Wildman–Crippen MR) is 136 cm³/mol. The second-order valence-corrected chi connectivity index (χ2v) is 10.1. The number of halogens is 1. The lowest BCUT2D eigenvalue weighted by atomic mass is 10.1. The lowest BCUT2D eigenvalue weighted by Crippen LogP contribution is -2.51. The first-order valence-corrected chi connectivity index (χ1v) is 13.4. The highest BCUT2D eigenvalue weighted by Gasteiger charge is 2.31. The Morgan fingerprint density at radius 2 is 1.81 bits per heavy atom. The molecule has 0 aromatic heterocycles. The van der Waals surface area contributed by atoms with Crippen molar-refractivity contribution in [2.75, 3.05) is 37.9 Å². The van der Waals surface area contributed by atoms with Crippen molar-refractivity contribution in [2.45, 2.75) is 39.3 Å². The number of carbonyl (C=O) groups is 2. The molecular formula is C25H34FN3O6S. The van der Waals surface area contributed by atoms with Crippen LogP contribution in [0.15, 0.2) is 42.5 Å². The molecule has 2 rings (SSSR count). The Morgan fingerprint density at radius 3 is 2.39 bits per heavy atom. The minimum absolute atomic E-state index is 0.0959. The first kappa shape index (κ1) is 28.9. The Bertz CT molecular complexity index is 1160. The lowest BCUT2D eigenvalue weighted by Gasteiger charge is -2.32. The van der Waals surface area contributed by atoms with Gasteiger partial charge in [0.25, 0.3) is 0 Å². The second-order valence-electron chi connectivity index (χ2n) is 8.24. The molecule has 0 saturated heterocycles. The van der Waals surface area contributed by atoms with E-state index in [9.17, 15) is 22.4 Å². The largest absolute Gasteiger partial charge is 0.497 e. The zero-order chi connectivity index (χ0) is 26.9. The summed E-state index contributed by atoms with van der Waals surface area (Å²) in [7, 11) is -1.17. The summed E-state index contributed by atoms with van der Waals surface area (Å²) in [6.45, 7) is 3.08. The fourth-order valence-electron chi connectivity index (χ4n) is 3.52. The summed E-state index contributed by atoms with van der Waals surface area (Å²) in [5.74, 6) is -1.08. The molecule has 0 saturated carbocycles. The van der Waals surface area contributed by atoms with Crippen LogP contribution in [0.1, 0.15) is 32.3 Å². The average molecular weight is 524 g/mol. The highest BCUT2D eigenvalue weighted by molar-refractivity contribution is 7.92. The summed E-state index contributed by atoms with van der Waals surface area (Å²) in [5, 5.41) is 2.77. The van der Waals surface area contributed by atoms with Crippen molar-refractivity contribution in [3.8, 4) is 11.5 Å². The summed E-state index contributed by atoms with van der Waals surface area (Å²) in [6, 6.07) is 9.49. The quantitative estimate of drug-likeness (QED) is 0.405. The van der Waals surface area contributed by atoms with E-state index in [0.717, 1.165) is 23.4 Å². The maximum absolute atomic E-state index is 14.4. The third kappa shape index (κ3) is 7.58. The number of methoxy groups -OCH3 is 2. The van der Waals surface area contributed by atoms with Crippen LogP contribution in [0.3, 0.4) is 0 Å². The van der Waals surface area contributed by atoms with Crippen LogP contribution in [0.2, 0.25) is 0 Å². The summed E-state index contributed by atoms with van der Waals surface area (Å²) < 4.78 is 51.4. The average Bonchev–Trinajstić information content (AvgIpc) is 2.85. The number of carbonyl (C=O) groups excluding carboxylic acids is 2. The van der Waals surface area contributed by atoms with E-state index in [1.807, 2.05) is 6.92 Å². The lowest BCUT2D eigenvalue weighted by molar-refractivity contribution is -0.139. The van der Waals surface area contributed by atoms with Gasteiger partial charge in [0.15, 0.2) is 0 Å². The summed E-state index contributed by atoms with van der Waals surface area (Å²) >= 11 is 0. The molecule has 2 amide bonds. The molecule has 1 N–H and O–H groups in total. The molecule has 0 aliphatic heterocycles. The fourth-order valence-corrected chi connectivity index (χ4v) is 4.36. The number of anilines is 1. The van der Waals surface area contributed by atoms with Crippen LogP contribution in [0.25, 0.3) is 0 Å². The molecule has 36 heavy (non-hydrogen) atoms. The van der Waals surface area contributed by atoms with Crippen molar-refractivity contribution < 1.29 is 31.9 Å². The van der Waals surface area contributed by atoms with Gasteiger partial charge in [0.2, 0.25) is 21.8 Å². The van der Waals surface area contributed by atoms with Gasteiger partial charge in [0.1, 0.15) is 29.9 Å². The van der Waals surface area contributed by atoms with Crippen molar-refractivity contribution >= 4 is 27.5 Å². The van der Waals surface area contributed by atoms with Crippen LogP contribution in [0.5, 0.6) is 11.5 Å². The topological polar surface area (TPSA) is 105 Å². The molecule has 0 aliphatic carbocycles. The molecule has 11 heteroatoms. The van der Waals surface area contributed by atoms with E-state index in [2.05, 4.69) is 5.32 Å². The standard InChI is InChI=1S/C25H34FN3O6S/c1-6-7-14-27-25(31)18(2)28(16-19-10-8-9-11-21(19)26)24(30)17-29(36(5,32)33)22-15-20(34-3)12-13-23(22)35-4/h8-13,15,18H,6-7,14,16-17H2,1-5H3,(H,27,31). The zero-order valence-electron chi connectivity index (χ0n) is 21.3. The maximum Gasteiger partial charge on any atom is 0.244 e. The predicted octanol–water partition coefficient (Wildman–Crippen LogP) is 2.94. The smallest absolute Gasteiger partial charge is 0.244 e. The molecule has 9 nitrogen and oxygen atoms in total. The Hall–Kier alpha value is -3.34. The Labute approximate surface area is 212 Å². The van der Waals surface area contributed by atoms with Crippen molar-refractivity contribution in [3.05, 3.63) is 53.8 Å². The molecule has 2 aromatic carbocycles. The number of nitrogens with zero attached hydrogens (tertiary/aromatic N) is 2. The Kier molecular flexibility index (Phi) is 10.5. The molecule has 198 valence electrons. The number of ether oxygens (including phenoxy) is 2. The van der Waals surface area contributed by atoms with Gasteiger partial charge in [-0.2, -0.15) is 0 Å². The van der Waals surface area contributed by atoms with Crippen molar-refractivity contribution in [3.63, 3.8) is 0 Å². The number of hydrogen-bond acceptors (Lipinski definition) is 6. The summed E-state index contributed by atoms with van der Waals surface area (Å²) in [4.78, 5) is 27.5. The van der Waals surface area contributed by atoms with Crippen molar-refractivity contribution in [2.24, 2.45) is 0 Å². The van der Waals surface area contributed by atoms with E-state index in [4.69, 9.17) is 9.47 Å². The van der Waals surface area contributed by atoms with Gasteiger partial charge >= 0.3 is 0 Å². The number of sulfonamides is 1. The minimum atomic E-state index is -3.97. The van der Waals surface area contributed by atoms with E-state index >= 15 is 0 Å². The summed E-state index contributed by atoms with van der Waals surface area (Å²) in [6.07, 6.45) is 2.59. The number of amides is 2. The highest BCUT2D eigenvalue weighted by atomic mass is 32.2. The molecule has 0 spiro atoms. The van der Waals surface area contributed by atoms with Crippen molar-refractivity contribution in [1.82, 2.24) is 10.2 Å². The summed E-state index contributed by atoms with van der Waals surface area (Å²) in [5.41, 5.74) is 0.294. The van der Waals surface area contributed by atoms with Crippen LogP contribution in [0, 0.1) is 5.82 Å². The van der Waals surface area contributed by atoms with Gasteiger partial charge in [-0.05, 0) is 31.5 Å². The Balaban J connectivity index is 2.46. The van der Waals surface area contributed by atoms with Crippen LogP contribution < -0.4 is 19.1 Å². The van der Waals surface area contributed by atoms with E-state index in [1.165, 1.54) is 56.4 Å². The monoisotopic (exact) mass is 523 g/mol. The van der Waals surface area contributed by atoms with Gasteiger partial charge in [-0.3, -0.25) is 13.9 Å². The molecule has 1 unspecified atom stereocenters. The molecule has 1 atom stereocenters. The fraction of sp³-hybridized carbons (Fsp3) is 0.440. The first-order chi connectivity index (χ1) is 17.0. The number of benzene rings is 2. The van der Waals surface area contributed by atoms with E-state index in [0.29, 0.717) is 12.3 Å². The zero-order valence-corrected chi connectivity index (χ0v) is 22.1. The number of unbranched alkanes of at least 4 members (excludes halogenated alkanes) is 1. The van der Waals surface area contributed by atoms with Crippen LogP contribution >= 0.6 is 0 Å². The van der Waals surface area contributed by atoms with E-state index in [-0.39, 0.29) is 23.5 Å². The van der Waals surface area contributed by atoms with Gasteiger partial charge < -0.3 is 19.7 Å². The third-order valence-electron chi connectivity index (χ3n) is 5.63. The molecule has 0 heterocycles. The Morgan fingerprint density at radius 1 is 1.11 bits per heavy atom. The maximum atomic E-state index is 14.4. The minimum Gasteiger partial charge on any atom is -0.497 e. The number of hydrogen-bond donors (Lipinski definition) is 1. The first-order valence-electron chi connectivity index (χ1n) is 11.5. The van der Waals surface area contributed by atoms with Gasteiger partial charge in [-0.1, -0.05) is 31.5 Å². The molecule has 0 bridgehead atoms.